The van der Waals surface area contributed by atoms with Crippen molar-refractivity contribution >= 4 is 0 Å². The molecule has 3 rings (SSSR count). The SMILES string of the molecule is COc1cc(C2CCCCC2)c(O)c(C2CCCCC2)c1. The van der Waals surface area contributed by atoms with Gasteiger partial charge in [0, 0.05) is 11.1 Å². The van der Waals surface area contributed by atoms with Crippen molar-refractivity contribution in [1.82, 2.24) is 0 Å². The number of aromatic hydroxyl groups is 1. The minimum atomic E-state index is 0.524. The van der Waals surface area contributed by atoms with Crippen LogP contribution in [0.4, 0.5) is 0 Å². The summed E-state index contributed by atoms with van der Waals surface area (Å²) in [7, 11) is 1.74. The van der Waals surface area contributed by atoms with E-state index in [0.29, 0.717) is 17.6 Å². The Bertz CT molecular complexity index is 429. The smallest absolute Gasteiger partial charge is 0.122 e. The average molecular weight is 288 g/mol. The Kier molecular flexibility index (Phi) is 4.72. The molecule has 2 nitrogen and oxygen atoms in total. The maximum absolute atomic E-state index is 10.9. The summed E-state index contributed by atoms with van der Waals surface area (Å²) in [5.41, 5.74) is 2.30. The molecule has 0 bridgehead atoms. The summed E-state index contributed by atoms with van der Waals surface area (Å²) in [6.45, 7) is 0. The van der Waals surface area contributed by atoms with Crippen LogP contribution in [0.1, 0.15) is 87.2 Å². The van der Waals surface area contributed by atoms with Crippen molar-refractivity contribution in [2.75, 3.05) is 7.11 Å². The fraction of sp³-hybridized carbons (Fsp3) is 0.684. The van der Waals surface area contributed by atoms with Crippen LogP contribution in [0.25, 0.3) is 0 Å². The second-order valence-corrected chi connectivity index (χ2v) is 6.82. The lowest BCUT2D eigenvalue weighted by molar-refractivity contribution is 0.380. The molecule has 1 aromatic rings. The first kappa shape index (κ1) is 14.7. The van der Waals surface area contributed by atoms with Crippen LogP contribution in [0.2, 0.25) is 0 Å². The van der Waals surface area contributed by atoms with Gasteiger partial charge in [-0.25, -0.2) is 0 Å². The van der Waals surface area contributed by atoms with Crippen LogP contribution in [0.15, 0.2) is 12.1 Å². The number of phenolic OH excluding ortho intramolecular Hbond substituents is 1. The second kappa shape index (κ2) is 6.72. The molecule has 2 heteroatoms. The maximum atomic E-state index is 10.9. The van der Waals surface area contributed by atoms with E-state index in [1.165, 1.54) is 64.2 Å². The van der Waals surface area contributed by atoms with E-state index >= 15 is 0 Å². The number of ether oxygens (including phenoxy) is 1. The van der Waals surface area contributed by atoms with Crippen LogP contribution in [-0.2, 0) is 0 Å². The highest BCUT2D eigenvalue weighted by molar-refractivity contribution is 5.50. The molecule has 2 fully saturated rings. The van der Waals surface area contributed by atoms with Gasteiger partial charge in [0.2, 0.25) is 0 Å². The van der Waals surface area contributed by atoms with Gasteiger partial charge in [-0.1, -0.05) is 38.5 Å². The molecule has 0 spiro atoms. The van der Waals surface area contributed by atoms with Gasteiger partial charge >= 0.3 is 0 Å². The normalized spacial score (nSPS) is 21.4. The number of benzene rings is 1. The molecular formula is C19H28O2. The minimum Gasteiger partial charge on any atom is -0.507 e. The summed E-state index contributed by atoms with van der Waals surface area (Å²) in [5.74, 6) is 2.55. The Labute approximate surface area is 128 Å². The summed E-state index contributed by atoms with van der Waals surface area (Å²) in [4.78, 5) is 0. The maximum Gasteiger partial charge on any atom is 0.122 e. The van der Waals surface area contributed by atoms with Gasteiger partial charge in [-0.05, 0) is 49.7 Å². The zero-order valence-electron chi connectivity index (χ0n) is 13.2. The number of hydrogen-bond acceptors (Lipinski definition) is 2. The molecule has 0 heterocycles. The van der Waals surface area contributed by atoms with E-state index in [1.807, 2.05) is 0 Å². The van der Waals surface area contributed by atoms with Crippen molar-refractivity contribution in [2.45, 2.75) is 76.0 Å². The molecule has 1 aromatic carbocycles. The molecule has 0 atom stereocenters. The first-order valence-corrected chi connectivity index (χ1v) is 8.70. The number of hydrogen-bond donors (Lipinski definition) is 1. The summed E-state index contributed by atoms with van der Waals surface area (Å²) in [5, 5.41) is 10.9. The van der Waals surface area contributed by atoms with Crippen LogP contribution in [0, 0.1) is 0 Å². The van der Waals surface area contributed by atoms with Crippen molar-refractivity contribution in [3.63, 3.8) is 0 Å². The summed E-state index contributed by atoms with van der Waals surface area (Å²) < 4.78 is 5.52. The predicted octanol–water partition coefficient (Wildman–Crippen LogP) is 5.50. The van der Waals surface area contributed by atoms with Gasteiger partial charge in [-0.15, -0.1) is 0 Å². The third-order valence-electron chi connectivity index (χ3n) is 5.47. The molecule has 2 saturated carbocycles. The van der Waals surface area contributed by atoms with E-state index in [-0.39, 0.29) is 0 Å². The van der Waals surface area contributed by atoms with Crippen LogP contribution in [-0.4, -0.2) is 12.2 Å². The lowest BCUT2D eigenvalue weighted by Gasteiger charge is -2.28. The van der Waals surface area contributed by atoms with Gasteiger partial charge in [0.05, 0.1) is 7.11 Å². The topological polar surface area (TPSA) is 29.5 Å². The molecule has 0 amide bonds. The van der Waals surface area contributed by atoms with E-state index in [1.54, 1.807) is 7.11 Å². The molecule has 0 aliphatic heterocycles. The van der Waals surface area contributed by atoms with Crippen LogP contribution >= 0.6 is 0 Å². The Morgan fingerprint density at radius 1 is 0.810 bits per heavy atom. The van der Waals surface area contributed by atoms with Crippen LogP contribution in [0.5, 0.6) is 11.5 Å². The first-order valence-electron chi connectivity index (χ1n) is 8.70. The molecule has 2 aliphatic carbocycles. The third kappa shape index (κ3) is 3.20. The van der Waals surface area contributed by atoms with Crippen molar-refractivity contribution in [3.8, 4) is 11.5 Å². The number of methoxy groups -OCH3 is 1. The highest BCUT2D eigenvalue weighted by Crippen LogP contribution is 2.45. The molecule has 0 aromatic heterocycles. The number of phenols is 1. The molecule has 0 radical (unpaired) electrons. The van der Waals surface area contributed by atoms with Gasteiger partial charge in [-0.3, -0.25) is 0 Å². The monoisotopic (exact) mass is 288 g/mol. The Hall–Kier alpha value is -1.18. The van der Waals surface area contributed by atoms with Crippen molar-refractivity contribution < 1.29 is 9.84 Å². The van der Waals surface area contributed by atoms with Gasteiger partial charge in [0.25, 0.3) is 0 Å². The summed E-state index contributed by atoms with van der Waals surface area (Å²) in [6, 6.07) is 4.16. The second-order valence-electron chi connectivity index (χ2n) is 6.82. The quantitative estimate of drug-likeness (QED) is 0.796. The van der Waals surface area contributed by atoms with Crippen LogP contribution < -0.4 is 4.74 Å². The average Bonchev–Trinajstić information content (AvgIpc) is 2.57. The largest absolute Gasteiger partial charge is 0.507 e. The van der Waals surface area contributed by atoms with Crippen molar-refractivity contribution in [3.05, 3.63) is 23.3 Å². The van der Waals surface area contributed by atoms with E-state index in [4.69, 9.17) is 4.74 Å². The highest BCUT2D eigenvalue weighted by Gasteiger charge is 2.25. The Balaban J connectivity index is 1.94. The summed E-state index contributed by atoms with van der Waals surface area (Å²) >= 11 is 0. The molecular weight excluding hydrogens is 260 g/mol. The Morgan fingerprint density at radius 2 is 1.24 bits per heavy atom. The lowest BCUT2D eigenvalue weighted by Crippen LogP contribution is -2.09. The molecule has 0 unspecified atom stereocenters. The fourth-order valence-electron chi connectivity index (χ4n) is 4.22. The van der Waals surface area contributed by atoms with Crippen molar-refractivity contribution in [2.24, 2.45) is 0 Å². The molecule has 1 N–H and O–H groups in total. The zero-order chi connectivity index (χ0) is 14.7. The molecule has 2 aliphatic rings. The molecule has 21 heavy (non-hydrogen) atoms. The lowest BCUT2D eigenvalue weighted by atomic mass is 9.79. The van der Waals surface area contributed by atoms with E-state index < -0.39 is 0 Å². The predicted molar refractivity (Wildman–Crippen MR) is 86.3 cm³/mol. The minimum absolute atomic E-state index is 0.524. The van der Waals surface area contributed by atoms with E-state index in [0.717, 1.165) is 16.9 Å². The summed E-state index contributed by atoms with van der Waals surface area (Å²) in [6.07, 6.45) is 12.7. The fourth-order valence-corrected chi connectivity index (χ4v) is 4.22. The molecule has 116 valence electrons. The van der Waals surface area contributed by atoms with Gasteiger partial charge in [-0.2, -0.15) is 0 Å². The molecule has 0 saturated heterocycles. The van der Waals surface area contributed by atoms with E-state index in [2.05, 4.69) is 12.1 Å². The number of rotatable bonds is 3. The first-order chi connectivity index (χ1) is 10.3. The Morgan fingerprint density at radius 3 is 1.62 bits per heavy atom. The van der Waals surface area contributed by atoms with Gasteiger partial charge in [0.15, 0.2) is 0 Å². The van der Waals surface area contributed by atoms with Crippen LogP contribution in [0.3, 0.4) is 0 Å². The zero-order valence-corrected chi connectivity index (χ0v) is 13.2. The van der Waals surface area contributed by atoms with E-state index in [9.17, 15) is 5.11 Å². The van der Waals surface area contributed by atoms with Gasteiger partial charge < -0.3 is 9.84 Å². The van der Waals surface area contributed by atoms with Gasteiger partial charge in [0.1, 0.15) is 11.5 Å². The highest BCUT2D eigenvalue weighted by atomic mass is 16.5. The van der Waals surface area contributed by atoms with Crippen molar-refractivity contribution in [1.29, 1.82) is 0 Å². The standard InChI is InChI=1S/C19H28O2/c1-21-16-12-17(14-8-4-2-5-9-14)19(20)18(13-16)15-10-6-3-7-11-15/h12-15,20H,2-11H2,1H3. The third-order valence-corrected chi connectivity index (χ3v) is 5.47.